The second-order valence-electron chi connectivity index (χ2n) is 7.73. The van der Waals surface area contributed by atoms with E-state index < -0.39 is 0 Å². The number of hydrogen-bond acceptors (Lipinski definition) is 4. The molecule has 0 bridgehead atoms. The van der Waals surface area contributed by atoms with Gasteiger partial charge in [0.15, 0.2) is 11.5 Å². The van der Waals surface area contributed by atoms with Gasteiger partial charge in [0.2, 0.25) is 5.91 Å². The lowest BCUT2D eigenvalue weighted by Gasteiger charge is -2.26. The average Bonchev–Trinajstić information content (AvgIpc) is 3.03. The van der Waals surface area contributed by atoms with E-state index in [-0.39, 0.29) is 18.0 Å². The molecule has 2 aliphatic rings. The van der Waals surface area contributed by atoms with Crippen LogP contribution in [-0.2, 0) is 4.79 Å². The molecule has 1 amide bonds. The molecule has 154 valence electrons. The summed E-state index contributed by atoms with van der Waals surface area (Å²) in [5.41, 5.74) is 2.23. The van der Waals surface area contributed by atoms with Gasteiger partial charge in [0.05, 0.1) is 25.8 Å². The van der Waals surface area contributed by atoms with Crippen molar-refractivity contribution < 1.29 is 14.3 Å². The van der Waals surface area contributed by atoms with Gasteiger partial charge in [-0.3, -0.25) is 9.69 Å². The van der Waals surface area contributed by atoms with Crippen LogP contribution in [0.4, 0.5) is 0 Å². The van der Waals surface area contributed by atoms with Crippen molar-refractivity contribution in [2.75, 3.05) is 26.3 Å². The Morgan fingerprint density at radius 1 is 1.14 bits per heavy atom. The molecule has 4 rings (SSSR count). The summed E-state index contributed by atoms with van der Waals surface area (Å²) in [4.78, 5) is 14.9. The Kier molecular flexibility index (Phi) is 6.26. The minimum absolute atomic E-state index is 0.0358. The van der Waals surface area contributed by atoms with Gasteiger partial charge >= 0.3 is 0 Å². The van der Waals surface area contributed by atoms with Crippen LogP contribution >= 0.6 is 11.6 Å². The van der Waals surface area contributed by atoms with E-state index in [2.05, 4.69) is 22.3 Å². The molecule has 2 aromatic carbocycles. The molecule has 2 aliphatic heterocycles. The van der Waals surface area contributed by atoms with Gasteiger partial charge in [0.1, 0.15) is 0 Å². The Hall–Kier alpha value is -2.24. The Bertz CT molecular complexity index is 856. The maximum Gasteiger partial charge on any atom is 0.234 e. The van der Waals surface area contributed by atoms with Gasteiger partial charge in [-0.2, -0.15) is 0 Å². The van der Waals surface area contributed by atoms with E-state index >= 15 is 0 Å². The topological polar surface area (TPSA) is 50.8 Å². The maximum absolute atomic E-state index is 12.7. The molecule has 1 N–H and O–H groups in total. The molecule has 2 heterocycles. The number of nitrogens with zero attached hydrogens (tertiary/aromatic N) is 1. The molecule has 2 aromatic rings. The molecule has 0 aromatic heterocycles. The average molecular weight is 415 g/mol. The fourth-order valence-corrected chi connectivity index (χ4v) is 4.21. The van der Waals surface area contributed by atoms with Gasteiger partial charge in [-0.1, -0.05) is 29.8 Å². The molecule has 6 heteroatoms. The number of ether oxygens (including phenoxy) is 2. The summed E-state index contributed by atoms with van der Waals surface area (Å²) < 4.78 is 11.6. The number of halogens is 1. The van der Waals surface area contributed by atoms with Crippen molar-refractivity contribution in [3.8, 4) is 11.5 Å². The smallest absolute Gasteiger partial charge is 0.234 e. The normalized spacial score (nSPS) is 20.1. The lowest BCUT2D eigenvalue weighted by Crippen LogP contribution is -2.38. The fourth-order valence-electron chi connectivity index (χ4n) is 4.09. The van der Waals surface area contributed by atoms with Crippen LogP contribution in [0, 0.1) is 0 Å². The Morgan fingerprint density at radius 2 is 1.90 bits per heavy atom. The Labute approximate surface area is 176 Å². The highest BCUT2D eigenvalue weighted by molar-refractivity contribution is 6.30. The van der Waals surface area contributed by atoms with E-state index in [1.54, 1.807) is 0 Å². The maximum atomic E-state index is 12.7. The molecule has 0 aliphatic carbocycles. The first-order chi connectivity index (χ1) is 14.1. The summed E-state index contributed by atoms with van der Waals surface area (Å²) in [6, 6.07) is 13.9. The van der Waals surface area contributed by atoms with Crippen molar-refractivity contribution in [3.63, 3.8) is 0 Å². The van der Waals surface area contributed by atoms with Crippen LogP contribution in [0.1, 0.15) is 49.4 Å². The SMILES string of the molecule is C[C@H](NC(=O)CN1CCC[C@@H]1c1ccc2c(c1)OCCCO2)c1ccc(Cl)cc1. The molecule has 29 heavy (non-hydrogen) atoms. The van der Waals surface area contributed by atoms with Crippen LogP contribution in [-0.4, -0.2) is 37.1 Å². The second-order valence-corrected chi connectivity index (χ2v) is 8.16. The van der Waals surface area contributed by atoms with E-state index in [1.807, 2.05) is 37.3 Å². The van der Waals surface area contributed by atoms with E-state index in [9.17, 15) is 4.79 Å². The predicted octanol–water partition coefficient (Wildman–Crippen LogP) is 4.52. The molecular formula is C23H27ClN2O3. The highest BCUT2D eigenvalue weighted by Crippen LogP contribution is 2.37. The molecule has 0 unspecified atom stereocenters. The van der Waals surface area contributed by atoms with E-state index in [1.165, 1.54) is 5.56 Å². The standard InChI is InChI=1S/C23H27ClN2O3/c1-16(17-5-8-19(24)9-6-17)25-23(27)15-26-11-2-4-20(26)18-7-10-21-22(14-18)29-13-3-12-28-21/h5-10,14,16,20H,2-4,11-13,15H2,1H3,(H,25,27)/t16-,20+/m0/s1. The monoisotopic (exact) mass is 414 g/mol. The van der Waals surface area contributed by atoms with Crippen molar-refractivity contribution in [3.05, 3.63) is 58.6 Å². The number of likely N-dealkylation sites (tertiary alicyclic amines) is 1. The van der Waals surface area contributed by atoms with E-state index in [0.29, 0.717) is 24.8 Å². The molecule has 2 atom stereocenters. The quantitative estimate of drug-likeness (QED) is 0.781. The van der Waals surface area contributed by atoms with Gasteiger partial charge in [0, 0.05) is 17.5 Å². The number of hydrogen-bond donors (Lipinski definition) is 1. The van der Waals surface area contributed by atoms with Gasteiger partial charge < -0.3 is 14.8 Å². The predicted molar refractivity (Wildman–Crippen MR) is 114 cm³/mol. The zero-order chi connectivity index (χ0) is 20.2. The van der Waals surface area contributed by atoms with Crippen LogP contribution in [0.25, 0.3) is 0 Å². The molecule has 1 fully saturated rings. The molecular weight excluding hydrogens is 388 g/mol. The summed E-state index contributed by atoms with van der Waals surface area (Å²) >= 11 is 5.95. The summed E-state index contributed by atoms with van der Waals surface area (Å²) in [7, 11) is 0. The third-order valence-corrected chi connectivity index (χ3v) is 5.87. The number of benzene rings is 2. The molecule has 0 spiro atoms. The van der Waals surface area contributed by atoms with Crippen LogP contribution < -0.4 is 14.8 Å². The molecule has 0 radical (unpaired) electrons. The van der Waals surface area contributed by atoms with Crippen molar-refractivity contribution in [2.24, 2.45) is 0 Å². The third kappa shape index (κ3) is 4.85. The van der Waals surface area contributed by atoms with Crippen molar-refractivity contribution in [1.29, 1.82) is 0 Å². The van der Waals surface area contributed by atoms with Gasteiger partial charge in [-0.05, 0) is 61.7 Å². The van der Waals surface area contributed by atoms with Crippen LogP contribution in [0.15, 0.2) is 42.5 Å². The van der Waals surface area contributed by atoms with E-state index in [0.717, 1.165) is 42.9 Å². The number of nitrogens with one attached hydrogen (secondary N) is 1. The fraction of sp³-hybridized carbons (Fsp3) is 0.435. The Morgan fingerprint density at radius 3 is 2.69 bits per heavy atom. The van der Waals surface area contributed by atoms with Crippen LogP contribution in [0.3, 0.4) is 0 Å². The summed E-state index contributed by atoms with van der Waals surface area (Å²) in [6.07, 6.45) is 3.02. The highest BCUT2D eigenvalue weighted by Gasteiger charge is 2.29. The van der Waals surface area contributed by atoms with Crippen LogP contribution in [0.5, 0.6) is 11.5 Å². The first-order valence-corrected chi connectivity index (χ1v) is 10.7. The number of carbonyl (C=O) groups excluding carboxylic acids is 1. The lowest BCUT2D eigenvalue weighted by molar-refractivity contribution is -0.123. The Balaban J connectivity index is 1.40. The minimum Gasteiger partial charge on any atom is -0.490 e. The highest BCUT2D eigenvalue weighted by atomic mass is 35.5. The lowest BCUT2D eigenvalue weighted by atomic mass is 10.0. The summed E-state index contributed by atoms with van der Waals surface area (Å²) in [5.74, 6) is 1.66. The zero-order valence-corrected chi connectivity index (χ0v) is 17.5. The van der Waals surface area contributed by atoms with E-state index in [4.69, 9.17) is 21.1 Å². The number of fused-ring (bicyclic) bond motifs is 1. The second kappa shape index (κ2) is 9.06. The third-order valence-electron chi connectivity index (χ3n) is 5.61. The first kappa shape index (κ1) is 20.0. The zero-order valence-electron chi connectivity index (χ0n) is 16.7. The van der Waals surface area contributed by atoms with Gasteiger partial charge in [0.25, 0.3) is 0 Å². The first-order valence-electron chi connectivity index (χ1n) is 10.3. The largest absolute Gasteiger partial charge is 0.490 e. The van der Waals surface area contributed by atoms with Crippen molar-refractivity contribution >= 4 is 17.5 Å². The summed E-state index contributed by atoms with van der Waals surface area (Å²) in [5, 5.41) is 3.80. The number of amides is 1. The van der Waals surface area contributed by atoms with Gasteiger partial charge in [-0.25, -0.2) is 0 Å². The number of rotatable bonds is 5. The molecule has 0 saturated carbocycles. The van der Waals surface area contributed by atoms with Crippen molar-refractivity contribution in [1.82, 2.24) is 10.2 Å². The van der Waals surface area contributed by atoms with Crippen LogP contribution in [0.2, 0.25) is 5.02 Å². The minimum atomic E-state index is -0.0566. The number of carbonyl (C=O) groups is 1. The summed E-state index contributed by atoms with van der Waals surface area (Å²) in [6.45, 7) is 4.66. The van der Waals surface area contributed by atoms with Crippen molar-refractivity contribution in [2.45, 2.75) is 38.3 Å². The molecule has 5 nitrogen and oxygen atoms in total. The molecule has 1 saturated heterocycles. The van der Waals surface area contributed by atoms with Gasteiger partial charge in [-0.15, -0.1) is 0 Å².